The van der Waals surface area contributed by atoms with Crippen molar-refractivity contribution in [2.75, 3.05) is 6.61 Å². The lowest BCUT2D eigenvalue weighted by molar-refractivity contribution is -0.123. The van der Waals surface area contributed by atoms with E-state index >= 15 is 0 Å². The Morgan fingerprint density at radius 3 is 2.35 bits per heavy atom. The number of carboxylic acid groups (broad SMARTS) is 1. The highest BCUT2D eigenvalue weighted by Crippen LogP contribution is 2.16. The molecule has 2 rings (SSSR count). The molecule has 0 heterocycles. The van der Waals surface area contributed by atoms with E-state index in [-0.39, 0.29) is 18.1 Å². The highest BCUT2D eigenvalue weighted by molar-refractivity contribution is 5.87. The first-order valence-corrected chi connectivity index (χ1v) is 7.24. The number of hydrogen-bond donors (Lipinski definition) is 2. The number of aryl methyl sites for hydroxylation is 2. The Morgan fingerprint density at radius 1 is 1.04 bits per heavy atom. The van der Waals surface area contributed by atoms with Crippen LogP contribution in [0.4, 0.5) is 0 Å². The minimum absolute atomic E-state index is 0.0598. The predicted molar refractivity (Wildman–Crippen MR) is 86.7 cm³/mol. The molecule has 0 atom stereocenters. The fourth-order valence-corrected chi connectivity index (χ4v) is 1.97. The third-order valence-electron chi connectivity index (χ3n) is 3.54. The summed E-state index contributed by atoms with van der Waals surface area (Å²) >= 11 is 0. The summed E-state index contributed by atoms with van der Waals surface area (Å²) < 4.78 is 5.45. The number of carbonyl (C=O) groups is 2. The average molecular weight is 313 g/mol. The van der Waals surface area contributed by atoms with Crippen LogP contribution in [0.25, 0.3) is 0 Å². The van der Waals surface area contributed by atoms with Gasteiger partial charge >= 0.3 is 5.97 Å². The molecule has 0 unspecified atom stereocenters. The summed E-state index contributed by atoms with van der Waals surface area (Å²) in [5.41, 5.74) is 3.33. The van der Waals surface area contributed by atoms with E-state index in [9.17, 15) is 9.59 Å². The predicted octanol–water partition coefficient (Wildman–Crippen LogP) is 2.70. The summed E-state index contributed by atoms with van der Waals surface area (Å²) in [6.45, 7) is 4.27. The number of amides is 1. The molecule has 2 aromatic rings. The lowest BCUT2D eigenvalue weighted by atomic mass is 10.1. The lowest BCUT2D eigenvalue weighted by Crippen LogP contribution is -2.28. The third kappa shape index (κ3) is 4.85. The molecule has 0 aliphatic rings. The first kappa shape index (κ1) is 16.5. The number of hydrogen-bond acceptors (Lipinski definition) is 3. The third-order valence-corrected chi connectivity index (χ3v) is 3.54. The van der Waals surface area contributed by atoms with Crippen LogP contribution >= 0.6 is 0 Å². The minimum atomic E-state index is -0.970. The van der Waals surface area contributed by atoms with Gasteiger partial charge in [0.05, 0.1) is 5.56 Å². The van der Waals surface area contributed by atoms with Crippen molar-refractivity contribution in [1.82, 2.24) is 5.32 Å². The monoisotopic (exact) mass is 313 g/mol. The van der Waals surface area contributed by atoms with Crippen molar-refractivity contribution in [3.05, 3.63) is 64.7 Å². The normalized spacial score (nSPS) is 10.2. The fourth-order valence-electron chi connectivity index (χ4n) is 1.97. The molecular formula is C18H19NO4. The van der Waals surface area contributed by atoms with E-state index in [0.29, 0.717) is 12.3 Å². The summed E-state index contributed by atoms with van der Waals surface area (Å²) in [5, 5.41) is 11.6. The van der Waals surface area contributed by atoms with Gasteiger partial charge in [-0.05, 0) is 54.8 Å². The summed E-state index contributed by atoms with van der Waals surface area (Å²) in [7, 11) is 0. The Labute approximate surface area is 134 Å². The number of carboxylic acids is 1. The van der Waals surface area contributed by atoms with Crippen LogP contribution < -0.4 is 10.1 Å². The van der Waals surface area contributed by atoms with E-state index in [4.69, 9.17) is 9.84 Å². The van der Waals surface area contributed by atoms with Gasteiger partial charge in [-0.3, -0.25) is 4.79 Å². The van der Waals surface area contributed by atoms with Gasteiger partial charge in [-0.15, -0.1) is 0 Å². The summed E-state index contributed by atoms with van der Waals surface area (Å²) in [6, 6.07) is 12.0. The van der Waals surface area contributed by atoms with E-state index in [1.165, 1.54) is 17.7 Å². The van der Waals surface area contributed by atoms with Crippen molar-refractivity contribution in [3.63, 3.8) is 0 Å². The van der Waals surface area contributed by atoms with Crippen molar-refractivity contribution in [2.24, 2.45) is 0 Å². The zero-order valence-corrected chi connectivity index (χ0v) is 13.1. The number of benzene rings is 2. The minimum Gasteiger partial charge on any atom is -0.484 e. The second-order valence-corrected chi connectivity index (χ2v) is 5.31. The molecule has 0 saturated heterocycles. The molecule has 0 fully saturated rings. The van der Waals surface area contributed by atoms with Crippen LogP contribution in [0.15, 0.2) is 42.5 Å². The smallest absolute Gasteiger partial charge is 0.335 e. The first-order chi connectivity index (χ1) is 11.0. The second-order valence-electron chi connectivity index (χ2n) is 5.31. The molecule has 2 N–H and O–H groups in total. The Balaban J connectivity index is 1.80. The summed E-state index contributed by atoms with van der Waals surface area (Å²) in [4.78, 5) is 22.5. The molecule has 1 amide bonds. The summed E-state index contributed by atoms with van der Waals surface area (Å²) in [6.07, 6.45) is 0. The quantitative estimate of drug-likeness (QED) is 0.860. The summed E-state index contributed by atoms with van der Waals surface area (Å²) in [5.74, 6) is -0.540. The number of aromatic carboxylic acids is 1. The van der Waals surface area contributed by atoms with Crippen molar-refractivity contribution in [2.45, 2.75) is 20.4 Å². The molecule has 5 nitrogen and oxygen atoms in total. The Morgan fingerprint density at radius 2 is 1.74 bits per heavy atom. The van der Waals surface area contributed by atoms with Gasteiger partial charge in [0, 0.05) is 6.54 Å². The van der Waals surface area contributed by atoms with Gasteiger partial charge in [0.25, 0.3) is 5.91 Å². The molecule has 0 aliphatic carbocycles. The lowest BCUT2D eigenvalue weighted by Gasteiger charge is -2.09. The van der Waals surface area contributed by atoms with Crippen LogP contribution in [-0.2, 0) is 11.3 Å². The Bertz CT molecular complexity index is 707. The van der Waals surface area contributed by atoms with Crippen LogP contribution in [0, 0.1) is 13.8 Å². The van der Waals surface area contributed by atoms with Crippen LogP contribution in [0.5, 0.6) is 5.75 Å². The van der Waals surface area contributed by atoms with E-state index < -0.39 is 5.97 Å². The van der Waals surface area contributed by atoms with Crippen LogP contribution in [0.3, 0.4) is 0 Å². The Hall–Kier alpha value is -2.82. The molecule has 23 heavy (non-hydrogen) atoms. The molecule has 5 heteroatoms. The molecule has 0 spiro atoms. The van der Waals surface area contributed by atoms with Gasteiger partial charge in [-0.25, -0.2) is 4.79 Å². The second kappa shape index (κ2) is 7.45. The molecule has 120 valence electrons. The molecule has 0 radical (unpaired) electrons. The molecular weight excluding hydrogens is 294 g/mol. The van der Waals surface area contributed by atoms with Gasteiger partial charge in [0.1, 0.15) is 5.75 Å². The molecule has 0 saturated carbocycles. The zero-order chi connectivity index (χ0) is 16.8. The zero-order valence-electron chi connectivity index (χ0n) is 13.1. The van der Waals surface area contributed by atoms with E-state index in [1.807, 2.05) is 32.0 Å². The standard InChI is InChI=1S/C18H19NO4/c1-12-3-8-16(9-13(12)2)23-11-17(20)19-10-14-4-6-15(7-5-14)18(21)22/h3-9H,10-11H2,1-2H3,(H,19,20)(H,21,22). The van der Waals surface area contributed by atoms with Gasteiger partial charge in [-0.1, -0.05) is 18.2 Å². The van der Waals surface area contributed by atoms with E-state index in [2.05, 4.69) is 5.32 Å². The van der Waals surface area contributed by atoms with Gasteiger partial charge < -0.3 is 15.2 Å². The topological polar surface area (TPSA) is 75.6 Å². The maximum Gasteiger partial charge on any atom is 0.335 e. The fraction of sp³-hybridized carbons (Fsp3) is 0.222. The molecule has 0 aliphatic heterocycles. The van der Waals surface area contributed by atoms with Gasteiger partial charge in [0.15, 0.2) is 6.61 Å². The Kier molecular flexibility index (Phi) is 5.36. The number of rotatable bonds is 6. The van der Waals surface area contributed by atoms with Crippen LogP contribution in [0.1, 0.15) is 27.0 Å². The highest BCUT2D eigenvalue weighted by Gasteiger charge is 2.05. The molecule has 0 bridgehead atoms. The van der Waals surface area contributed by atoms with Crippen molar-refractivity contribution in [3.8, 4) is 5.75 Å². The van der Waals surface area contributed by atoms with Gasteiger partial charge in [-0.2, -0.15) is 0 Å². The van der Waals surface area contributed by atoms with E-state index in [0.717, 1.165) is 11.1 Å². The highest BCUT2D eigenvalue weighted by atomic mass is 16.5. The van der Waals surface area contributed by atoms with E-state index in [1.54, 1.807) is 12.1 Å². The number of nitrogens with one attached hydrogen (secondary N) is 1. The number of ether oxygens (including phenoxy) is 1. The largest absolute Gasteiger partial charge is 0.484 e. The number of carbonyl (C=O) groups excluding carboxylic acids is 1. The maximum atomic E-state index is 11.8. The van der Waals surface area contributed by atoms with Crippen LogP contribution in [0.2, 0.25) is 0 Å². The van der Waals surface area contributed by atoms with Crippen molar-refractivity contribution < 1.29 is 19.4 Å². The molecule has 2 aromatic carbocycles. The SMILES string of the molecule is Cc1ccc(OCC(=O)NCc2ccc(C(=O)O)cc2)cc1C. The van der Waals surface area contributed by atoms with Crippen molar-refractivity contribution in [1.29, 1.82) is 0 Å². The first-order valence-electron chi connectivity index (χ1n) is 7.24. The van der Waals surface area contributed by atoms with Crippen LogP contribution in [-0.4, -0.2) is 23.6 Å². The molecule has 0 aromatic heterocycles. The van der Waals surface area contributed by atoms with Crippen molar-refractivity contribution >= 4 is 11.9 Å². The maximum absolute atomic E-state index is 11.8. The van der Waals surface area contributed by atoms with Gasteiger partial charge in [0.2, 0.25) is 0 Å². The average Bonchev–Trinajstić information content (AvgIpc) is 2.54.